The summed E-state index contributed by atoms with van der Waals surface area (Å²) < 4.78 is 0. The highest BCUT2D eigenvalue weighted by molar-refractivity contribution is 5.85. The van der Waals surface area contributed by atoms with E-state index in [1.165, 1.54) is 31.8 Å². The number of rotatable bonds is 4. The van der Waals surface area contributed by atoms with Crippen molar-refractivity contribution in [2.75, 3.05) is 6.54 Å². The van der Waals surface area contributed by atoms with Crippen molar-refractivity contribution in [3.8, 4) is 6.07 Å². The monoisotopic (exact) mass is 681 g/mol. The Morgan fingerprint density at radius 3 is 2.08 bits per heavy atom. The van der Waals surface area contributed by atoms with E-state index in [9.17, 15) is 19.8 Å². The van der Waals surface area contributed by atoms with Crippen LogP contribution < -0.4 is 0 Å². The lowest BCUT2D eigenvalue weighted by atomic mass is 9.48. The molecule has 0 aliphatic heterocycles. The third-order valence-electron chi connectivity index (χ3n) is 16.0. The maximum Gasteiger partial charge on any atom is 0.215 e. The van der Waals surface area contributed by atoms with Crippen LogP contribution in [-0.2, 0) is 9.59 Å². The van der Waals surface area contributed by atoms with Gasteiger partial charge < -0.3 is 15.1 Å². The molecule has 278 valence electrons. The Morgan fingerprint density at radius 1 is 0.898 bits per heavy atom. The third kappa shape index (κ3) is 7.35. The Bertz CT molecular complexity index is 1250. The first kappa shape index (κ1) is 43.1. The molecule has 0 unspecified atom stereocenters. The Hall–Kier alpha value is -2.02. The van der Waals surface area contributed by atoms with Crippen molar-refractivity contribution in [3.05, 3.63) is 24.1 Å². The van der Waals surface area contributed by atoms with Crippen molar-refractivity contribution >= 4 is 11.6 Å². The van der Waals surface area contributed by atoms with Gasteiger partial charge in [-0.05, 0) is 136 Å². The second kappa shape index (κ2) is 16.5. The molecule has 0 radical (unpaired) electrons. The molecule has 0 aromatic heterocycles. The second-order valence-corrected chi connectivity index (χ2v) is 17.5. The Labute approximate surface area is 300 Å². The van der Waals surface area contributed by atoms with Gasteiger partial charge in [-0.25, -0.2) is 6.57 Å². The molecule has 6 heteroatoms. The number of ketones is 2. The molecule has 49 heavy (non-hydrogen) atoms. The molecule has 6 aliphatic carbocycles. The summed E-state index contributed by atoms with van der Waals surface area (Å²) in [5, 5.41) is 28.1. The van der Waals surface area contributed by atoms with Gasteiger partial charge in [-0.1, -0.05) is 56.1 Å². The number of allylic oxidation sites excluding steroid dienone is 1. The van der Waals surface area contributed by atoms with Crippen molar-refractivity contribution in [1.29, 1.82) is 5.26 Å². The van der Waals surface area contributed by atoms with Crippen LogP contribution in [0.5, 0.6) is 0 Å². The molecule has 0 bridgehead atoms. The molecular formula is C43H72N2O4. The smallest absolute Gasteiger partial charge is 0.215 e. The summed E-state index contributed by atoms with van der Waals surface area (Å²) in [7, 11) is 0. The lowest BCUT2D eigenvalue weighted by Gasteiger charge is -2.55. The van der Waals surface area contributed by atoms with Crippen LogP contribution in [0.3, 0.4) is 0 Å². The molecule has 0 aromatic rings. The number of aliphatic hydroxyl groups excluding tert-OH is 2. The number of nitriles is 1. The first-order valence-corrected chi connectivity index (χ1v) is 18.8. The predicted molar refractivity (Wildman–Crippen MR) is 200 cm³/mol. The summed E-state index contributed by atoms with van der Waals surface area (Å²) in [4.78, 5) is 28.2. The lowest BCUT2D eigenvalue weighted by molar-refractivity contribution is -0.146. The minimum atomic E-state index is -0.280. The molecule has 6 fully saturated rings. The number of hydrogen-bond donors (Lipinski definition) is 2. The van der Waals surface area contributed by atoms with Gasteiger partial charge in [-0.3, -0.25) is 9.59 Å². The van der Waals surface area contributed by atoms with Crippen LogP contribution in [0.1, 0.15) is 147 Å². The summed E-state index contributed by atoms with van der Waals surface area (Å²) in [6.07, 6.45) is 14.4. The van der Waals surface area contributed by atoms with E-state index < -0.39 is 0 Å². The van der Waals surface area contributed by atoms with E-state index in [1.54, 1.807) is 6.07 Å². The Balaban J connectivity index is 0.000000298. The molecule has 0 aromatic carbocycles. The zero-order chi connectivity index (χ0) is 34.9. The van der Waals surface area contributed by atoms with E-state index in [-0.39, 0.29) is 54.6 Å². The van der Waals surface area contributed by atoms with Crippen LogP contribution in [0.25, 0.3) is 4.85 Å². The summed E-state index contributed by atoms with van der Waals surface area (Å²) in [5.74, 6) is 5.37. The molecule has 0 amide bonds. The molecule has 0 saturated heterocycles. The van der Waals surface area contributed by atoms with Crippen molar-refractivity contribution in [3.63, 3.8) is 0 Å². The zero-order valence-corrected chi connectivity index (χ0v) is 30.6. The number of nitrogens with zero attached hydrogens (tertiary/aromatic N) is 2. The van der Waals surface area contributed by atoms with Crippen molar-refractivity contribution in [2.45, 2.75) is 159 Å². The highest BCUT2D eigenvalue weighted by Gasteiger charge is 2.62. The fourth-order valence-corrected chi connectivity index (χ4v) is 12.8. The van der Waals surface area contributed by atoms with Gasteiger partial charge in [0.1, 0.15) is 11.6 Å². The van der Waals surface area contributed by atoms with Gasteiger partial charge in [-0.15, -0.1) is 0 Å². The Morgan fingerprint density at radius 2 is 1.51 bits per heavy atom. The second-order valence-electron chi connectivity index (χ2n) is 17.5. The van der Waals surface area contributed by atoms with Gasteiger partial charge in [-0.2, -0.15) is 5.26 Å². The van der Waals surface area contributed by atoms with Crippen molar-refractivity contribution < 1.29 is 19.8 Å². The number of carbonyl (C=O) groups is 2. The van der Waals surface area contributed by atoms with Crippen molar-refractivity contribution in [2.24, 2.45) is 69.0 Å². The van der Waals surface area contributed by atoms with E-state index in [4.69, 9.17) is 11.8 Å². The van der Waals surface area contributed by atoms with E-state index in [0.29, 0.717) is 54.1 Å². The van der Waals surface area contributed by atoms with Crippen LogP contribution in [-0.4, -0.2) is 40.5 Å². The largest absolute Gasteiger partial charge is 0.393 e. The normalized spacial score (nSPS) is 44.4. The van der Waals surface area contributed by atoms with E-state index in [2.05, 4.69) is 46.0 Å². The SMILES string of the molecule is C.C.C=CC#N.C[C@H](O)[C@@]1(C)CC[C@H]2[C@@H]3CCC(=O)[C@H](C)[C@@H]3CC[C@@]21C.[C-]#[N+]CC[C@]1(C)C(=O)CC[C@@H]2[C@H]1CC[C@]1(C)[C@@H]([C@H](C)O)CC[C@@H]21. The van der Waals surface area contributed by atoms with Gasteiger partial charge in [0.15, 0.2) is 0 Å². The summed E-state index contributed by atoms with van der Waals surface area (Å²) in [6.45, 7) is 26.1. The molecule has 6 aliphatic rings. The quantitative estimate of drug-likeness (QED) is 0.227. The minimum absolute atomic E-state index is 0. The molecule has 0 spiro atoms. The number of fused-ring (bicyclic) bond motifs is 6. The topological polar surface area (TPSA) is 103 Å². The molecule has 0 heterocycles. The first-order chi connectivity index (χ1) is 22.1. The highest BCUT2D eigenvalue weighted by Crippen LogP contribution is 2.68. The van der Waals surface area contributed by atoms with Crippen LogP contribution in [0.4, 0.5) is 0 Å². The van der Waals surface area contributed by atoms with Gasteiger partial charge in [0.25, 0.3) is 0 Å². The summed E-state index contributed by atoms with van der Waals surface area (Å²) in [6, 6.07) is 1.69. The van der Waals surface area contributed by atoms with Gasteiger partial charge in [0.05, 0.1) is 18.3 Å². The lowest BCUT2D eigenvalue weighted by Crippen LogP contribution is -2.53. The molecule has 14 atom stereocenters. The average molecular weight is 681 g/mol. The zero-order valence-electron chi connectivity index (χ0n) is 30.6. The average Bonchev–Trinajstić information content (AvgIpc) is 3.54. The van der Waals surface area contributed by atoms with E-state index >= 15 is 0 Å². The summed E-state index contributed by atoms with van der Waals surface area (Å²) in [5.41, 5.74) is 0.296. The number of hydrogen-bond acceptors (Lipinski definition) is 5. The number of aliphatic hydroxyl groups is 2. The molecule has 6 rings (SSSR count). The van der Waals surface area contributed by atoms with Gasteiger partial charge >= 0.3 is 0 Å². The highest BCUT2D eigenvalue weighted by atomic mass is 16.3. The maximum absolute atomic E-state index is 12.7. The van der Waals surface area contributed by atoms with Crippen LogP contribution >= 0.6 is 0 Å². The van der Waals surface area contributed by atoms with E-state index in [0.717, 1.165) is 63.2 Å². The molecule has 6 saturated carbocycles. The van der Waals surface area contributed by atoms with E-state index in [1.807, 2.05) is 13.8 Å². The summed E-state index contributed by atoms with van der Waals surface area (Å²) >= 11 is 0. The fraction of sp³-hybridized carbons (Fsp3) is 0.860. The number of Topliss-reactive ketones (excluding diaryl/α,β-unsaturated/α-hetero) is 2. The van der Waals surface area contributed by atoms with Crippen LogP contribution in [0.2, 0.25) is 0 Å². The van der Waals surface area contributed by atoms with Gasteiger partial charge in [0.2, 0.25) is 6.54 Å². The predicted octanol–water partition coefficient (Wildman–Crippen LogP) is 9.89. The minimum Gasteiger partial charge on any atom is -0.393 e. The fourth-order valence-electron chi connectivity index (χ4n) is 12.8. The van der Waals surface area contributed by atoms with Crippen molar-refractivity contribution in [1.82, 2.24) is 0 Å². The Kier molecular flexibility index (Phi) is 14.6. The molecule has 2 N–H and O–H groups in total. The third-order valence-corrected chi connectivity index (χ3v) is 16.0. The number of carbonyl (C=O) groups excluding carboxylic acids is 2. The van der Waals surface area contributed by atoms with Gasteiger partial charge in [0, 0.05) is 36.7 Å². The van der Waals surface area contributed by atoms with Crippen LogP contribution in [0, 0.1) is 86.9 Å². The maximum atomic E-state index is 12.7. The standard InChI is InChI=1S/C20H31NO2.C18H30O2.C3H3N.2CH4/c1-13(22)15-6-7-16-14-5-8-18(23)20(3,11-12-21-4)17(14)9-10-19(15,16)2;1-11-13-7-9-18(4)15(14(13)5-6-16(11)20)8-10-17(18,3)12(2)19;1-2-3-4;;/h13-17,22H,5-12H2,1-3H3;11-15,19H,5-10H2,1-4H3;2H,1H2;2*1H4/t13-,14-,15+,16-,17+,19+,20-;11-,12+,13+,14-,15+,17-,18+;;;/m01.../s1. The molecular weight excluding hydrogens is 608 g/mol. The molecule has 6 nitrogen and oxygen atoms in total. The first-order valence-electron chi connectivity index (χ1n) is 18.8. The van der Waals surface area contributed by atoms with Crippen LogP contribution in [0.15, 0.2) is 12.7 Å².